The van der Waals surface area contributed by atoms with E-state index in [1.807, 2.05) is 13.8 Å². The number of rotatable bonds is 7. The standard InChI is InChI=1S/C11H22N2O4S/c1-3-7-12(8-4-2)18(16,17)13-9-5-6-10(13)11(14)15/h10H,3-9H2,1-2H3,(H,14,15)/t10-/m0/s1. The lowest BCUT2D eigenvalue weighted by atomic mass is 10.2. The highest BCUT2D eigenvalue weighted by molar-refractivity contribution is 7.86. The molecule has 0 amide bonds. The topological polar surface area (TPSA) is 77.9 Å². The van der Waals surface area contributed by atoms with Gasteiger partial charge in [-0.15, -0.1) is 0 Å². The van der Waals surface area contributed by atoms with Gasteiger partial charge in [-0.2, -0.15) is 17.0 Å². The van der Waals surface area contributed by atoms with Crippen molar-refractivity contribution < 1.29 is 18.3 Å². The van der Waals surface area contributed by atoms with Crippen LogP contribution in [0.25, 0.3) is 0 Å². The zero-order chi connectivity index (χ0) is 13.8. The number of carboxylic acid groups (broad SMARTS) is 1. The van der Waals surface area contributed by atoms with Crippen molar-refractivity contribution in [2.75, 3.05) is 19.6 Å². The largest absolute Gasteiger partial charge is 0.480 e. The molecule has 18 heavy (non-hydrogen) atoms. The van der Waals surface area contributed by atoms with Crippen molar-refractivity contribution in [3.63, 3.8) is 0 Å². The Morgan fingerprint density at radius 2 is 1.89 bits per heavy atom. The van der Waals surface area contributed by atoms with Gasteiger partial charge in [0.1, 0.15) is 6.04 Å². The predicted molar refractivity (Wildman–Crippen MR) is 68.4 cm³/mol. The van der Waals surface area contributed by atoms with Crippen LogP contribution in [-0.4, -0.2) is 53.8 Å². The van der Waals surface area contributed by atoms with Crippen molar-refractivity contribution in [3.8, 4) is 0 Å². The van der Waals surface area contributed by atoms with E-state index in [1.165, 1.54) is 4.31 Å². The first kappa shape index (κ1) is 15.4. The van der Waals surface area contributed by atoms with Gasteiger partial charge < -0.3 is 5.11 Å². The average Bonchev–Trinajstić information content (AvgIpc) is 2.78. The van der Waals surface area contributed by atoms with E-state index in [1.54, 1.807) is 0 Å². The van der Waals surface area contributed by atoms with Gasteiger partial charge in [0, 0.05) is 19.6 Å². The van der Waals surface area contributed by atoms with Crippen LogP contribution in [0.1, 0.15) is 39.5 Å². The smallest absolute Gasteiger partial charge is 0.322 e. The van der Waals surface area contributed by atoms with Crippen LogP contribution in [0.15, 0.2) is 0 Å². The molecule has 1 heterocycles. The lowest BCUT2D eigenvalue weighted by Crippen LogP contribution is -2.48. The Kier molecular flexibility index (Phi) is 5.55. The SMILES string of the molecule is CCCN(CCC)S(=O)(=O)N1CCC[C@H]1C(=O)O. The molecular weight excluding hydrogens is 256 g/mol. The molecular formula is C11H22N2O4S. The number of hydrogen-bond acceptors (Lipinski definition) is 3. The van der Waals surface area contributed by atoms with Crippen molar-refractivity contribution in [1.29, 1.82) is 0 Å². The number of carboxylic acids is 1. The summed E-state index contributed by atoms with van der Waals surface area (Å²) in [4.78, 5) is 11.1. The van der Waals surface area contributed by atoms with Gasteiger partial charge in [0.2, 0.25) is 0 Å². The molecule has 1 aliphatic heterocycles. The fourth-order valence-corrected chi connectivity index (χ4v) is 4.25. The Morgan fingerprint density at radius 1 is 1.33 bits per heavy atom. The molecule has 1 atom stereocenters. The quantitative estimate of drug-likeness (QED) is 0.750. The van der Waals surface area contributed by atoms with Crippen molar-refractivity contribution in [3.05, 3.63) is 0 Å². The molecule has 0 aromatic carbocycles. The molecule has 6 nitrogen and oxygen atoms in total. The van der Waals surface area contributed by atoms with E-state index in [-0.39, 0.29) is 0 Å². The summed E-state index contributed by atoms with van der Waals surface area (Å²) in [7, 11) is -3.63. The molecule has 0 unspecified atom stereocenters. The lowest BCUT2D eigenvalue weighted by molar-refractivity contribution is -0.140. The molecule has 0 saturated carbocycles. The van der Waals surface area contributed by atoms with Crippen LogP contribution in [0, 0.1) is 0 Å². The first-order valence-electron chi connectivity index (χ1n) is 6.44. The van der Waals surface area contributed by atoms with Crippen LogP contribution in [-0.2, 0) is 15.0 Å². The van der Waals surface area contributed by atoms with Gasteiger partial charge in [0.25, 0.3) is 10.2 Å². The Balaban J connectivity index is 2.92. The molecule has 0 aromatic rings. The number of carbonyl (C=O) groups is 1. The second-order valence-electron chi connectivity index (χ2n) is 4.51. The lowest BCUT2D eigenvalue weighted by Gasteiger charge is -2.29. The summed E-state index contributed by atoms with van der Waals surface area (Å²) in [5.41, 5.74) is 0. The zero-order valence-corrected chi connectivity index (χ0v) is 11.8. The molecule has 1 fully saturated rings. The summed E-state index contributed by atoms with van der Waals surface area (Å²) in [5, 5.41) is 9.06. The Labute approximate surface area is 109 Å². The highest BCUT2D eigenvalue weighted by Crippen LogP contribution is 2.23. The van der Waals surface area contributed by atoms with Crippen LogP contribution in [0.5, 0.6) is 0 Å². The second kappa shape index (κ2) is 6.49. The monoisotopic (exact) mass is 278 g/mol. The molecule has 0 aromatic heterocycles. The highest BCUT2D eigenvalue weighted by Gasteiger charge is 2.41. The maximum absolute atomic E-state index is 12.4. The normalized spacial score (nSPS) is 21.6. The third-order valence-electron chi connectivity index (χ3n) is 3.06. The van der Waals surface area contributed by atoms with Crippen LogP contribution in [0.2, 0.25) is 0 Å². The molecule has 1 rings (SSSR count). The highest BCUT2D eigenvalue weighted by atomic mass is 32.2. The number of aliphatic carboxylic acids is 1. The van der Waals surface area contributed by atoms with Crippen LogP contribution >= 0.6 is 0 Å². The summed E-state index contributed by atoms with van der Waals surface area (Å²) in [5.74, 6) is -1.05. The first-order chi connectivity index (χ1) is 8.45. The minimum absolute atomic E-state index is 0.309. The Morgan fingerprint density at radius 3 is 2.33 bits per heavy atom. The van der Waals surface area contributed by atoms with Gasteiger partial charge in [0.05, 0.1) is 0 Å². The summed E-state index contributed by atoms with van der Waals surface area (Å²) >= 11 is 0. The Bertz CT molecular complexity index is 377. The van der Waals surface area contributed by atoms with Crippen LogP contribution in [0.3, 0.4) is 0 Å². The molecule has 7 heteroatoms. The summed E-state index contributed by atoms with van der Waals surface area (Å²) < 4.78 is 27.4. The van der Waals surface area contributed by atoms with E-state index in [4.69, 9.17) is 5.11 Å². The molecule has 0 radical (unpaired) electrons. The van der Waals surface area contributed by atoms with Gasteiger partial charge in [-0.05, 0) is 25.7 Å². The second-order valence-corrected chi connectivity index (χ2v) is 6.39. The summed E-state index contributed by atoms with van der Waals surface area (Å²) in [6.45, 7) is 5.02. The molecule has 106 valence electrons. The van der Waals surface area contributed by atoms with Crippen molar-refractivity contribution >= 4 is 16.2 Å². The third kappa shape index (κ3) is 3.21. The third-order valence-corrected chi connectivity index (χ3v) is 5.10. The maximum atomic E-state index is 12.4. The molecule has 0 bridgehead atoms. The van der Waals surface area contributed by atoms with E-state index >= 15 is 0 Å². The summed E-state index contributed by atoms with van der Waals surface area (Å²) in [6.07, 6.45) is 2.47. The van der Waals surface area contributed by atoms with Gasteiger partial charge in [-0.3, -0.25) is 4.79 Å². The van der Waals surface area contributed by atoms with E-state index < -0.39 is 22.2 Å². The number of hydrogen-bond donors (Lipinski definition) is 1. The molecule has 1 aliphatic rings. The molecule has 0 aliphatic carbocycles. The summed E-state index contributed by atoms with van der Waals surface area (Å²) in [6, 6.07) is -0.897. The van der Waals surface area contributed by atoms with E-state index in [9.17, 15) is 13.2 Å². The van der Waals surface area contributed by atoms with E-state index in [2.05, 4.69) is 0 Å². The molecule has 0 spiro atoms. The van der Waals surface area contributed by atoms with Gasteiger partial charge in [0.15, 0.2) is 0 Å². The van der Waals surface area contributed by atoms with Crippen molar-refractivity contribution in [1.82, 2.24) is 8.61 Å². The molecule has 1 N–H and O–H groups in total. The predicted octanol–water partition coefficient (Wildman–Crippen LogP) is 0.902. The van der Waals surface area contributed by atoms with Crippen LogP contribution in [0.4, 0.5) is 0 Å². The Hall–Kier alpha value is -0.660. The average molecular weight is 278 g/mol. The number of nitrogens with zero attached hydrogens (tertiary/aromatic N) is 2. The van der Waals surface area contributed by atoms with Crippen molar-refractivity contribution in [2.24, 2.45) is 0 Å². The van der Waals surface area contributed by atoms with Gasteiger partial charge in [-0.1, -0.05) is 13.8 Å². The van der Waals surface area contributed by atoms with E-state index in [0.29, 0.717) is 32.5 Å². The fraction of sp³-hybridized carbons (Fsp3) is 0.909. The van der Waals surface area contributed by atoms with Gasteiger partial charge >= 0.3 is 5.97 Å². The van der Waals surface area contributed by atoms with Crippen molar-refractivity contribution in [2.45, 2.75) is 45.6 Å². The minimum Gasteiger partial charge on any atom is -0.480 e. The zero-order valence-electron chi connectivity index (χ0n) is 11.0. The van der Waals surface area contributed by atoms with Crippen LogP contribution < -0.4 is 0 Å². The first-order valence-corrected chi connectivity index (χ1v) is 7.84. The fourth-order valence-electron chi connectivity index (χ4n) is 2.25. The molecule has 1 saturated heterocycles. The van der Waals surface area contributed by atoms with Gasteiger partial charge in [-0.25, -0.2) is 0 Å². The van der Waals surface area contributed by atoms with E-state index in [0.717, 1.165) is 17.1 Å². The minimum atomic E-state index is -3.63. The maximum Gasteiger partial charge on any atom is 0.322 e.